The Hall–Kier alpha value is -3.20. The fourth-order valence-corrected chi connectivity index (χ4v) is 3.47. The number of anilines is 2. The lowest BCUT2D eigenvalue weighted by molar-refractivity contribution is 0.0491. The summed E-state index contributed by atoms with van der Waals surface area (Å²) in [6, 6.07) is 5.85. The minimum absolute atomic E-state index is 0.508. The maximum absolute atomic E-state index is 5.99. The van der Waals surface area contributed by atoms with Gasteiger partial charge in [-0.25, -0.2) is 9.97 Å². The number of fused-ring (bicyclic) bond motifs is 2. The molecule has 4 aromatic rings. The summed E-state index contributed by atoms with van der Waals surface area (Å²) < 4.78 is 13.2. The fraction of sp³-hybridized carbons (Fsp3) is 0.368. The number of nitrogens with one attached hydrogen (secondary N) is 2. The number of rotatable bonds is 5. The van der Waals surface area contributed by atoms with Crippen LogP contribution in [0.25, 0.3) is 22.1 Å². The molecule has 0 aromatic carbocycles. The van der Waals surface area contributed by atoms with Gasteiger partial charge < -0.3 is 14.8 Å². The first kappa shape index (κ1) is 16.9. The van der Waals surface area contributed by atoms with E-state index in [9.17, 15) is 0 Å². The molecule has 4 aromatic heterocycles. The van der Waals surface area contributed by atoms with Crippen molar-refractivity contribution in [1.82, 2.24) is 29.9 Å². The van der Waals surface area contributed by atoms with Crippen molar-refractivity contribution < 1.29 is 9.47 Å². The Labute approximate surface area is 161 Å². The Bertz CT molecular complexity index is 1110. The number of aryl methyl sites for hydroxylation is 1. The Morgan fingerprint density at radius 3 is 3.11 bits per heavy atom. The standard InChI is InChI=1S/C19H21N7O2/c1-26-15-9-13(22-18-14-3-2-6-20-17(14)23-24-18)10-21-16(15)19(25-26)28-11-12-4-7-27-8-5-12/h2-3,6,9-10,12H,4-5,7-8,11H2,1H3,(H2,20,22,23,24). The highest BCUT2D eigenvalue weighted by Crippen LogP contribution is 2.28. The molecule has 1 aliphatic heterocycles. The average molecular weight is 379 g/mol. The van der Waals surface area contributed by atoms with Crippen molar-refractivity contribution in [3.8, 4) is 5.88 Å². The first-order valence-corrected chi connectivity index (χ1v) is 9.37. The molecular weight excluding hydrogens is 358 g/mol. The fourth-order valence-electron chi connectivity index (χ4n) is 3.47. The minimum Gasteiger partial charge on any atom is -0.475 e. The summed E-state index contributed by atoms with van der Waals surface area (Å²) in [4.78, 5) is 8.81. The molecule has 5 rings (SSSR count). The molecule has 5 heterocycles. The van der Waals surface area contributed by atoms with E-state index >= 15 is 0 Å². The Balaban J connectivity index is 1.38. The predicted molar refractivity (Wildman–Crippen MR) is 105 cm³/mol. The predicted octanol–water partition coefficient (Wildman–Crippen LogP) is 2.79. The second-order valence-corrected chi connectivity index (χ2v) is 6.99. The topological polar surface area (TPSA) is 103 Å². The molecule has 2 N–H and O–H groups in total. The smallest absolute Gasteiger partial charge is 0.259 e. The number of H-pyrrole nitrogens is 1. The van der Waals surface area contributed by atoms with Crippen molar-refractivity contribution in [2.45, 2.75) is 12.8 Å². The Kier molecular flexibility index (Phi) is 4.28. The largest absolute Gasteiger partial charge is 0.475 e. The molecule has 0 spiro atoms. The van der Waals surface area contributed by atoms with Crippen LogP contribution in [0.4, 0.5) is 11.5 Å². The molecular formula is C19H21N7O2. The van der Waals surface area contributed by atoms with E-state index in [0.29, 0.717) is 24.1 Å². The van der Waals surface area contributed by atoms with Gasteiger partial charge in [-0.3, -0.25) is 9.78 Å². The molecule has 0 saturated carbocycles. The zero-order valence-corrected chi connectivity index (χ0v) is 15.6. The van der Waals surface area contributed by atoms with Crippen LogP contribution in [0.2, 0.25) is 0 Å². The van der Waals surface area contributed by atoms with Gasteiger partial charge in [0, 0.05) is 26.5 Å². The number of aromatic nitrogens is 6. The van der Waals surface area contributed by atoms with E-state index in [4.69, 9.17) is 9.47 Å². The summed E-state index contributed by atoms with van der Waals surface area (Å²) in [5.41, 5.74) is 3.16. The third-order valence-corrected chi connectivity index (χ3v) is 5.06. The number of aromatic amines is 1. The highest BCUT2D eigenvalue weighted by molar-refractivity contribution is 5.90. The quantitative estimate of drug-likeness (QED) is 0.549. The lowest BCUT2D eigenvalue weighted by Gasteiger charge is -2.21. The van der Waals surface area contributed by atoms with Gasteiger partial charge in [-0.2, -0.15) is 5.10 Å². The van der Waals surface area contributed by atoms with Crippen LogP contribution in [0.5, 0.6) is 5.88 Å². The van der Waals surface area contributed by atoms with Crippen LogP contribution < -0.4 is 10.1 Å². The number of hydrogen-bond donors (Lipinski definition) is 2. The highest BCUT2D eigenvalue weighted by atomic mass is 16.5. The summed E-state index contributed by atoms with van der Waals surface area (Å²) in [6.45, 7) is 2.26. The van der Waals surface area contributed by atoms with Crippen LogP contribution in [0.15, 0.2) is 30.6 Å². The average Bonchev–Trinajstić information content (AvgIpc) is 3.28. The lowest BCUT2D eigenvalue weighted by Crippen LogP contribution is -2.21. The highest BCUT2D eigenvalue weighted by Gasteiger charge is 2.18. The van der Waals surface area contributed by atoms with Gasteiger partial charge in [0.1, 0.15) is 5.82 Å². The summed E-state index contributed by atoms with van der Waals surface area (Å²) >= 11 is 0. The summed E-state index contributed by atoms with van der Waals surface area (Å²) in [6.07, 6.45) is 5.55. The third kappa shape index (κ3) is 3.13. The second kappa shape index (κ2) is 7.08. The van der Waals surface area contributed by atoms with E-state index in [2.05, 4.69) is 30.6 Å². The van der Waals surface area contributed by atoms with E-state index in [1.807, 2.05) is 25.2 Å². The SMILES string of the molecule is Cn1nc(OCC2CCOCC2)c2ncc(Nc3[nH]nc4ncccc34)cc21. The van der Waals surface area contributed by atoms with Crippen LogP contribution in [0.3, 0.4) is 0 Å². The number of hydrogen-bond acceptors (Lipinski definition) is 7. The normalized spacial score (nSPS) is 15.3. The van der Waals surface area contributed by atoms with Crippen LogP contribution in [-0.4, -0.2) is 49.8 Å². The van der Waals surface area contributed by atoms with E-state index in [1.165, 1.54) is 0 Å². The van der Waals surface area contributed by atoms with Gasteiger partial charge in [0.25, 0.3) is 5.88 Å². The van der Waals surface area contributed by atoms with Crippen LogP contribution in [0.1, 0.15) is 12.8 Å². The van der Waals surface area contributed by atoms with Crippen molar-refractivity contribution in [3.05, 3.63) is 30.6 Å². The Morgan fingerprint density at radius 2 is 2.21 bits per heavy atom. The van der Waals surface area contributed by atoms with Crippen LogP contribution in [-0.2, 0) is 11.8 Å². The maximum atomic E-state index is 5.99. The molecule has 144 valence electrons. The van der Waals surface area contributed by atoms with Gasteiger partial charge in [-0.1, -0.05) is 0 Å². The van der Waals surface area contributed by atoms with Gasteiger partial charge in [-0.05, 0) is 37.0 Å². The molecule has 9 nitrogen and oxygen atoms in total. The molecule has 0 amide bonds. The molecule has 0 aliphatic carbocycles. The first-order valence-electron chi connectivity index (χ1n) is 9.37. The maximum Gasteiger partial charge on any atom is 0.259 e. The zero-order chi connectivity index (χ0) is 18.9. The van der Waals surface area contributed by atoms with Gasteiger partial charge in [-0.15, -0.1) is 5.10 Å². The first-order chi connectivity index (χ1) is 13.8. The van der Waals surface area contributed by atoms with Gasteiger partial charge in [0.2, 0.25) is 0 Å². The summed E-state index contributed by atoms with van der Waals surface area (Å²) in [7, 11) is 1.89. The minimum atomic E-state index is 0.508. The summed E-state index contributed by atoms with van der Waals surface area (Å²) in [5, 5.41) is 15.9. The molecule has 1 fully saturated rings. The van der Waals surface area contributed by atoms with Crippen LogP contribution >= 0.6 is 0 Å². The van der Waals surface area contributed by atoms with Crippen molar-refractivity contribution in [3.63, 3.8) is 0 Å². The van der Waals surface area contributed by atoms with E-state index in [1.54, 1.807) is 17.1 Å². The molecule has 1 aliphatic rings. The third-order valence-electron chi connectivity index (χ3n) is 5.06. The van der Waals surface area contributed by atoms with E-state index in [0.717, 1.165) is 54.0 Å². The van der Waals surface area contributed by atoms with Crippen LogP contribution in [0, 0.1) is 5.92 Å². The molecule has 28 heavy (non-hydrogen) atoms. The van der Waals surface area contributed by atoms with Gasteiger partial charge in [0.15, 0.2) is 11.2 Å². The molecule has 9 heteroatoms. The monoisotopic (exact) mass is 379 g/mol. The van der Waals surface area contributed by atoms with Crippen molar-refractivity contribution in [1.29, 1.82) is 0 Å². The Morgan fingerprint density at radius 1 is 1.32 bits per heavy atom. The van der Waals surface area contributed by atoms with Gasteiger partial charge >= 0.3 is 0 Å². The second-order valence-electron chi connectivity index (χ2n) is 6.99. The summed E-state index contributed by atoms with van der Waals surface area (Å²) in [5.74, 6) is 1.86. The molecule has 0 bridgehead atoms. The molecule has 0 atom stereocenters. The molecule has 0 radical (unpaired) electrons. The van der Waals surface area contributed by atoms with Crippen molar-refractivity contribution in [2.75, 3.05) is 25.1 Å². The van der Waals surface area contributed by atoms with Gasteiger partial charge in [0.05, 0.1) is 29.4 Å². The lowest BCUT2D eigenvalue weighted by atomic mass is 10.0. The van der Waals surface area contributed by atoms with E-state index in [-0.39, 0.29) is 0 Å². The van der Waals surface area contributed by atoms with Crippen molar-refractivity contribution in [2.24, 2.45) is 13.0 Å². The van der Waals surface area contributed by atoms with E-state index < -0.39 is 0 Å². The molecule has 1 saturated heterocycles. The number of ether oxygens (including phenoxy) is 2. The zero-order valence-electron chi connectivity index (χ0n) is 15.6. The number of nitrogens with zero attached hydrogens (tertiary/aromatic N) is 5. The number of pyridine rings is 2. The molecule has 0 unspecified atom stereocenters. The van der Waals surface area contributed by atoms with Crippen molar-refractivity contribution >= 4 is 33.6 Å².